The van der Waals surface area contributed by atoms with Crippen molar-refractivity contribution in [1.82, 2.24) is 5.32 Å². The molecule has 1 aromatic rings. The molecule has 100 valence electrons. The Morgan fingerprint density at radius 3 is 2.83 bits per heavy atom. The lowest BCUT2D eigenvalue weighted by atomic mass is 10.2. The number of rotatable bonds is 4. The molecule has 0 bridgehead atoms. The Labute approximate surface area is 107 Å². The van der Waals surface area contributed by atoms with E-state index in [0.29, 0.717) is 26.2 Å². The predicted molar refractivity (Wildman–Crippen MR) is 66.1 cm³/mol. The molecule has 2 atom stereocenters. The van der Waals surface area contributed by atoms with Crippen LogP contribution in [0.25, 0.3) is 0 Å². The van der Waals surface area contributed by atoms with Gasteiger partial charge in [0.2, 0.25) is 6.41 Å². The van der Waals surface area contributed by atoms with Crippen LogP contribution in [-0.4, -0.2) is 37.9 Å². The Bertz CT molecular complexity index is 355. The molecule has 0 aromatic heterocycles. The molecule has 0 radical (unpaired) electrons. The van der Waals surface area contributed by atoms with Gasteiger partial charge in [-0.05, 0) is 24.1 Å². The first-order valence-corrected chi connectivity index (χ1v) is 6.05. The van der Waals surface area contributed by atoms with Gasteiger partial charge >= 0.3 is 0 Å². The molecular formula is C13H19NO4. The lowest BCUT2D eigenvalue weighted by molar-refractivity contribution is -0.151. The molecule has 18 heavy (non-hydrogen) atoms. The Kier molecular flexibility index (Phi) is 4.95. The lowest BCUT2D eigenvalue weighted by Gasteiger charge is -2.17. The van der Waals surface area contributed by atoms with E-state index < -0.39 is 12.5 Å². The van der Waals surface area contributed by atoms with Gasteiger partial charge in [-0.3, -0.25) is 5.32 Å². The van der Waals surface area contributed by atoms with Gasteiger partial charge < -0.3 is 19.3 Å². The number of aliphatic hydroxyl groups excluding tert-OH is 1. The summed E-state index contributed by atoms with van der Waals surface area (Å²) in [6, 6.07) is 7.79. The maximum atomic E-state index is 9.40. The van der Waals surface area contributed by atoms with Gasteiger partial charge in [0.25, 0.3) is 0 Å². The molecule has 1 heterocycles. The van der Waals surface area contributed by atoms with Crippen molar-refractivity contribution >= 4 is 0 Å². The second-order valence-corrected chi connectivity index (χ2v) is 4.21. The largest absolute Gasteiger partial charge is 0.497 e. The van der Waals surface area contributed by atoms with Crippen molar-refractivity contribution in [2.45, 2.75) is 25.5 Å². The molecule has 1 aliphatic heterocycles. The van der Waals surface area contributed by atoms with Crippen LogP contribution in [0.15, 0.2) is 24.3 Å². The minimum absolute atomic E-state index is 0.306. The molecule has 2 unspecified atom stereocenters. The second kappa shape index (κ2) is 6.70. The minimum atomic E-state index is -0.454. The monoisotopic (exact) mass is 253 g/mol. The van der Waals surface area contributed by atoms with Crippen LogP contribution in [0.1, 0.15) is 12.0 Å². The maximum absolute atomic E-state index is 9.40. The third kappa shape index (κ3) is 3.96. The third-order valence-electron chi connectivity index (χ3n) is 2.79. The van der Waals surface area contributed by atoms with Crippen molar-refractivity contribution in [2.75, 3.05) is 20.3 Å². The van der Waals surface area contributed by atoms with Crippen molar-refractivity contribution in [1.29, 1.82) is 0 Å². The fourth-order valence-corrected chi connectivity index (χ4v) is 1.70. The van der Waals surface area contributed by atoms with E-state index in [9.17, 15) is 5.11 Å². The van der Waals surface area contributed by atoms with Gasteiger partial charge in [-0.2, -0.15) is 0 Å². The fourth-order valence-electron chi connectivity index (χ4n) is 1.70. The summed E-state index contributed by atoms with van der Waals surface area (Å²) >= 11 is 0. The second-order valence-electron chi connectivity index (χ2n) is 4.21. The van der Waals surface area contributed by atoms with Crippen LogP contribution in [0.3, 0.4) is 0 Å². The van der Waals surface area contributed by atoms with Gasteiger partial charge in [0, 0.05) is 6.54 Å². The lowest BCUT2D eigenvalue weighted by Crippen LogP contribution is -2.33. The molecule has 5 heteroatoms. The summed E-state index contributed by atoms with van der Waals surface area (Å²) in [6.07, 6.45) is -0.275. The van der Waals surface area contributed by atoms with E-state index in [1.807, 2.05) is 24.3 Å². The van der Waals surface area contributed by atoms with E-state index in [2.05, 4.69) is 5.32 Å². The number of ether oxygens (including phenoxy) is 3. The standard InChI is InChI=1S/C13H19NO4/c1-16-12-4-2-10(3-5-12)8-14-13-17-7-6-11(15)9-18-13/h2-5,11,13-15H,6-9H2,1H3. The molecule has 1 fully saturated rings. The van der Waals surface area contributed by atoms with Crippen molar-refractivity contribution in [3.05, 3.63) is 29.8 Å². The summed E-state index contributed by atoms with van der Waals surface area (Å²) in [5.74, 6) is 0.837. The first-order valence-electron chi connectivity index (χ1n) is 6.05. The van der Waals surface area contributed by atoms with Crippen LogP contribution < -0.4 is 10.1 Å². The Hall–Kier alpha value is -1.14. The Morgan fingerprint density at radius 2 is 2.11 bits per heavy atom. The van der Waals surface area contributed by atoms with E-state index in [-0.39, 0.29) is 0 Å². The van der Waals surface area contributed by atoms with Crippen LogP contribution in [0.4, 0.5) is 0 Å². The molecule has 1 aromatic carbocycles. The SMILES string of the molecule is COc1ccc(CNC2OCCC(O)CO2)cc1. The average molecular weight is 253 g/mol. The van der Waals surface area contributed by atoms with E-state index in [0.717, 1.165) is 11.3 Å². The van der Waals surface area contributed by atoms with Gasteiger partial charge in [-0.1, -0.05) is 12.1 Å². The maximum Gasteiger partial charge on any atom is 0.216 e. The molecule has 1 aliphatic rings. The highest BCUT2D eigenvalue weighted by molar-refractivity contribution is 5.26. The smallest absolute Gasteiger partial charge is 0.216 e. The molecule has 2 rings (SSSR count). The number of benzene rings is 1. The fraction of sp³-hybridized carbons (Fsp3) is 0.538. The highest BCUT2D eigenvalue weighted by atomic mass is 16.7. The topological polar surface area (TPSA) is 60.0 Å². The minimum Gasteiger partial charge on any atom is -0.497 e. The first kappa shape index (κ1) is 13.3. The number of hydrogen-bond acceptors (Lipinski definition) is 5. The summed E-state index contributed by atoms with van der Waals surface area (Å²) in [7, 11) is 1.64. The van der Waals surface area contributed by atoms with Crippen LogP contribution >= 0.6 is 0 Å². The number of hydrogen-bond donors (Lipinski definition) is 2. The molecule has 0 aliphatic carbocycles. The van der Waals surface area contributed by atoms with Crippen LogP contribution in [0.2, 0.25) is 0 Å². The zero-order valence-electron chi connectivity index (χ0n) is 10.5. The summed E-state index contributed by atoms with van der Waals surface area (Å²) in [5, 5.41) is 12.5. The van der Waals surface area contributed by atoms with Gasteiger partial charge in [0.05, 0.1) is 26.4 Å². The van der Waals surface area contributed by atoms with E-state index in [4.69, 9.17) is 14.2 Å². The third-order valence-corrected chi connectivity index (χ3v) is 2.79. The molecule has 2 N–H and O–H groups in total. The van der Waals surface area contributed by atoms with Gasteiger partial charge in [0.15, 0.2) is 0 Å². The number of methoxy groups -OCH3 is 1. The zero-order chi connectivity index (χ0) is 12.8. The van der Waals surface area contributed by atoms with Crippen LogP contribution in [-0.2, 0) is 16.0 Å². The summed E-state index contributed by atoms with van der Waals surface area (Å²) < 4.78 is 15.9. The van der Waals surface area contributed by atoms with Crippen molar-refractivity contribution in [2.24, 2.45) is 0 Å². The Morgan fingerprint density at radius 1 is 1.33 bits per heavy atom. The Balaban J connectivity index is 1.79. The average Bonchev–Trinajstić information content (AvgIpc) is 2.62. The van der Waals surface area contributed by atoms with Gasteiger partial charge in [-0.25, -0.2) is 0 Å². The van der Waals surface area contributed by atoms with Crippen molar-refractivity contribution in [3.63, 3.8) is 0 Å². The van der Waals surface area contributed by atoms with Gasteiger partial charge in [-0.15, -0.1) is 0 Å². The van der Waals surface area contributed by atoms with E-state index in [1.165, 1.54) is 0 Å². The molecule has 0 amide bonds. The van der Waals surface area contributed by atoms with Gasteiger partial charge in [0.1, 0.15) is 5.75 Å². The number of aliphatic hydroxyl groups is 1. The molecule has 0 saturated carbocycles. The highest BCUT2D eigenvalue weighted by Gasteiger charge is 2.17. The molecule has 1 saturated heterocycles. The summed E-state index contributed by atoms with van der Waals surface area (Å²) in [4.78, 5) is 0. The normalized spacial score (nSPS) is 24.6. The van der Waals surface area contributed by atoms with E-state index >= 15 is 0 Å². The zero-order valence-corrected chi connectivity index (χ0v) is 10.5. The first-order chi connectivity index (χ1) is 8.78. The molecule has 5 nitrogen and oxygen atoms in total. The van der Waals surface area contributed by atoms with Crippen LogP contribution in [0.5, 0.6) is 5.75 Å². The van der Waals surface area contributed by atoms with E-state index in [1.54, 1.807) is 7.11 Å². The predicted octanol–water partition coefficient (Wildman–Crippen LogP) is 0.866. The summed E-state index contributed by atoms with van der Waals surface area (Å²) in [6.45, 7) is 1.45. The van der Waals surface area contributed by atoms with Crippen molar-refractivity contribution in [3.8, 4) is 5.75 Å². The summed E-state index contributed by atoms with van der Waals surface area (Å²) in [5.41, 5.74) is 1.12. The number of nitrogens with one attached hydrogen (secondary N) is 1. The molecule has 0 spiro atoms. The van der Waals surface area contributed by atoms with Crippen molar-refractivity contribution < 1.29 is 19.3 Å². The van der Waals surface area contributed by atoms with Crippen LogP contribution in [0, 0.1) is 0 Å². The highest BCUT2D eigenvalue weighted by Crippen LogP contribution is 2.11. The quantitative estimate of drug-likeness (QED) is 0.833. The molecular weight excluding hydrogens is 234 g/mol.